The number of hydrogen-bond donors (Lipinski definition) is 0. The molecule has 0 fully saturated rings. The lowest BCUT2D eigenvalue weighted by molar-refractivity contribution is 0.520. The standard InChI is InChI=1S/C18H27N3O2S2/c1-6-7-11-21-15(3)14(2)19-18(21)24-13-16-9-8-10-17(12-16)25(22,23)20(4)5/h8-10,12H,6-7,11,13H2,1-5H3. The molecule has 138 valence electrons. The van der Waals surface area contributed by atoms with E-state index < -0.39 is 10.0 Å². The molecule has 0 aliphatic heterocycles. The van der Waals surface area contributed by atoms with Crippen LogP contribution in [-0.2, 0) is 22.3 Å². The van der Waals surface area contributed by atoms with E-state index >= 15 is 0 Å². The van der Waals surface area contributed by atoms with Gasteiger partial charge in [-0.15, -0.1) is 0 Å². The Hall–Kier alpha value is -1.31. The maximum absolute atomic E-state index is 12.3. The van der Waals surface area contributed by atoms with Crippen LogP contribution in [0.5, 0.6) is 0 Å². The van der Waals surface area contributed by atoms with Gasteiger partial charge in [-0.1, -0.05) is 37.2 Å². The Morgan fingerprint density at radius 2 is 1.96 bits per heavy atom. The average Bonchev–Trinajstić information content (AvgIpc) is 2.85. The Balaban J connectivity index is 2.19. The van der Waals surface area contributed by atoms with Gasteiger partial charge in [0.1, 0.15) is 0 Å². The molecule has 0 spiro atoms. The first-order valence-electron chi connectivity index (χ1n) is 8.45. The van der Waals surface area contributed by atoms with Gasteiger partial charge in [-0.3, -0.25) is 0 Å². The molecule has 1 heterocycles. The van der Waals surface area contributed by atoms with E-state index in [1.54, 1.807) is 44.1 Å². The van der Waals surface area contributed by atoms with Crippen molar-refractivity contribution in [2.24, 2.45) is 0 Å². The molecule has 0 amide bonds. The van der Waals surface area contributed by atoms with E-state index in [1.165, 1.54) is 10.00 Å². The fraction of sp³-hybridized carbons (Fsp3) is 0.500. The number of imidazole rings is 1. The molecule has 0 saturated heterocycles. The minimum atomic E-state index is -3.40. The van der Waals surface area contributed by atoms with E-state index in [0.717, 1.165) is 35.8 Å². The number of aryl methyl sites for hydroxylation is 1. The van der Waals surface area contributed by atoms with Gasteiger partial charge in [0, 0.05) is 32.1 Å². The van der Waals surface area contributed by atoms with Crippen LogP contribution in [0, 0.1) is 13.8 Å². The molecule has 2 aromatic rings. The predicted octanol–water partition coefficient (Wildman–Crippen LogP) is 3.84. The van der Waals surface area contributed by atoms with Crippen LogP contribution in [0.2, 0.25) is 0 Å². The van der Waals surface area contributed by atoms with Crippen molar-refractivity contribution in [3.63, 3.8) is 0 Å². The third-order valence-electron chi connectivity index (χ3n) is 4.20. The van der Waals surface area contributed by atoms with Crippen LogP contribution in [0.25, 0.3) is 0 Å². The van der Waals surface area contributed by atoms with Crippen LogP contribution in [-0.4, -0.2) is 36.4 Å². The lowest BCUT2D eigenvalue weighted by atomic mass is 10.2. The summed E-state index contributed by atoms with van der Waals surface area (Å²) in [7, 11) is -0.305. The lowest BCUT2D eigenvalue weighted by Crippen LogP contribution is -2.22. The quantitative estimate of drug-likeness (QED) is 0.652. The van der Waals surface area contributed by atoms with E-state index in [1.807, 2.05) is 13.0 Å². The summed E-state index contributed by atoms with van der Waals surface area (Å²) < 4.78 is 28.1. The van der Waals surface area contributed by atoms with Crippen molar-refractivity contribution in [1.82, 2.24) is 13.9 Å². The molecular formula is C18H27N3O2S2. The largest absolute Gasteiger partial charge is 0.323 e. The topological polar surface area (TPSA) is 55.2 Å². The van der Waals surface area contributed by atoms with Crippen molar-refractivity contribution in [3.05, 3.63) is 41.2 Å². The van der Waals surface area contributed by atoms with Gasteiger partial charge < -0.3 is 4.57 Å². The van der Waals surface area contributed by atoms with E-state index in [2.05, 4.69) is 23.4 Å². The van der Waals surface area contributed by atoms with Crippen LogP contribution in [0.3, 0.4) is 0 Å². The first-order chi connectivity index (χ1) is 11.8. The molecule has 0 atom stereocenters. The van der Waals surface area contributed by atoms with E-state index in [4.69, 9.17) is 0 Å². The smallest absolute Gasteiger partial charge is 0.242 e. The van der Waals surface area contributed by atoms with Gasteiger partial charge in [0.15, 0.2) is 5.16 Å². The normalized spacial score (nSPS) is 12.1. The van der Waals surface area contributed by atoms with Gasteiger partial charge in [0.25, 0.3) is 0 Å². The number of unbranched alkanes of at least 4 members (excludes halogenated alkanes) is 1. The molecule has 1 aromatic heterocycles. The molecule has 0 bridgehead atoms. The second-order valence-corrected chi connectivity index (χ2v) is 9.39. The Bertz CT molecular complexity index is 827. The third kappa shape index (κ3) is 4.65. The number of hydrogen-bond acceptors (Lipinski definition) is 4. The highest BCUT2D eigenvalue weighted by molar-refractivity contribution is 7.98. The van der Waals surface area contributed by atoms with Gasteiger partial charge in [-0.25, -0.2) is 17.7 Å². The molecule has 5 nitrogen and oxygen atoms in total. The van der Waals surface area contributed by atoms with Gasteiger partial charge in [0.05, 0.1) is 10.6 Å². The summed E-state index contributed by atoms with van der Waals surface area (Å²) >= 11 is 1.66. The summed E-state index contributed by atoms with van der Waals surface area (Å²) in [5.41, 5.74) is 3.25. The fourth-order valence-electron chi connectivity index (χ4n) is 2.47. The number of benzene rings is 1. The summed E-state index contributed by atoms with van der Waals surface area (Å²) in [6.45, 7) is 7.29. The Morgan fingerprint density at radius 1 is 1.24 bits per heavy atom. The van der Waals surface area contributed by atoms with E-state index in [0.29, 0.717) is 10.6 Å². The van der Waals surface area contributed by atoms with Crippen LogP contribution >= 0.6 is 11.8 Å². The molecule has 0 N–H and O–H groups in total. The summed E-state index contributed by atoms with van der Waals surface area (Å²) in [5.74, 6) is 0.693. The highest BCUT2D eigenvalue weighted by Crippen LogP contribution is 2.26. The van der Waals surface area contributed by atoms with Gasteiger partial charge in [-0.2, -0.15) is 0 Å². The zero-order valence-electron chi connectivity index (χ0n) is 15.6. The average molecular weight is 382 g/mol. The van der Waals surface area contributed by atoms with Gasteiger partial charge >= 0.3 is 0 Å². The first-order valence-corrected chi connectivity index (χ1v) is 10.9. The summed E-state index contributed by atoms with van der Waals surface area (Å²) in [6.07, 6.45) is 2.27. The van der Waals surface area contributed by atoms with Crippen molar-refractivity contribution >= 4 is 21.8 Å². The second-order valence-electron chi connectivity index (χ2n) is 6.29. The molecular weight excluding hydrogens is 354 g/mol. The highest BCUT2D eigenvalue weighted by Gasteiger charge is 2.17. The van der Waals surface area contributed by atoms with Gasteiger partial charge in [0.2, 0.25) is 10.0 Å². The summed E-state index contributed by atoms with van der Waals surface area (Å²) in [4.78, 5) is 5.01. The predicted molar refractivity (Wildman–Crippen MR) is 103 cm³/mol. The lowest BCUT2D eigenvalue weighted by Gasteiger charge is -2.12. The molecule has 0 unspecified atom stereocenters. The second kappa shape index (κ2) is 8.38. The Labute approximate surface area is 155 Å². The summed E-state index contributed by atoms with van der Waals surface area (Å²) in [6, 6.07) is 7.15. The zero-order valence-corrected chi connectivity index (χ0v) is 17.2. The maximum Gasteiger partial charge on any atom is 0.242 e. The van der Waals surface area contributed by atoms with Crippen LogP contribution in [0.4, 0.5) is 0 Å². The molecule has 0 radical (unpaired) electrons. The van der Waals surface area contributed by atoms with Gasteiger partial charge in [-0.05, 0) is 38.0 Å². The molecule has 1 aromatic carbocycles. The molecule has 25 heavy (non-hydrogen) atoms. The Kier molecular flexibility index (Phi) is 6.71. The highest BCUT2D eigenvalue weighted by atomic mass is 32.2. The maximum atomic E-state index is 12.3. The third-order valence-corrected chi connectivity index (χ3v) is 7.06. The number of nitrogens with zero attached hydrogens (tertiary/aromatic N) is 3. The zero-order chi connectivity index (χ0) is 18.6. The fourth-order valence-corrected chi connectivity index (χ4v) is 4.50. The van der Waals surface area contributed by atoms with Crippen LogP contribution in [0.1, 0.15) is 36.7 Å². The van der Waals surface area contributed by atoms with Crippen molar-refractivity contribution in [2.45, 2.75) is 56.0 Å². The van der Waals surface area contributed by atoms with Crippen molar-refractivity contribution < 1.29 is 8.42 Å². The number of sulfonamides is 1. The minimum Gasteiger partial charge on any atom is -0.323 e. The Morgan fingerprint density at radius 3 is 2.60 bits per heavy atom. The molecule has 0 aliphatic rings. The molecule has 2 rings (SSSR count). The van der Waals surface area contributed by atoms with Crippen LogP contribution < -0.4 is 0 Å². The van der Waals surface area contributed by atoms with E-state index in [9.17, 15) is 8.42 Å². The number of thioether (sulfide) groups is 1. The minimum absolute atomic E-state index is 0.331. The monoisotopic (exact) mass is 381 g/mol. The van der Waals surface area contributed by atoms with Crippen LogP contribution in [0.15, 0.2) is 34.3 Å². The SMILES string of the molecule is CCCCn1c(SCc2cccc(S(=O)(=O)N(C)C)c2)nc(C)c1C. The molecule has 0 saturated carbocycles. The van der Waals surface area contributed by atoms with Crippen molar-refractivity contribution in [2.75, 3.05) is 14.1 Å². The molecule has 0 aliphatic carbocycles. The number of aromatic nitrogens is 2. The first kappa shape index (κ1) is 20.0. The van der Waals surface area contributed by atoms with Crippen molar-refractivity contribution in [3.8, 4) is 0 Å². The van der Waals surface area contributed by atoms with Crippen molar-refractivity contribution in [1.29, 1.82) is 0 Å². The summed E-state index contributed by atoms with van der Waals surface area (Å²) in [5, 5.41) is 1.00. The molecule has 7 heteroatoms. The number of rotatable bonds is 8. The van der Waals surface area contributed by atoms with E-state index in [-0.39, 0.29) is 0 Å².